The van der Waals surface area contributed by atoms with Gasteiger partial charge < -0.3 is 4.90 Å². The van der Waals surface area contributed by atoms with Gasteiger partial charge in [0.2, 0.25) is 0 Å². The van der Waals surface area contributed by atoms with Crippen molar-refractivity contribution in [3.8, 4) is 11.3 Å². The molecule has 1 aliphatic heterocycles. The van der Waals surface area contributed by atoms with Crippen LogP contribution in [0.3, 0.4) is 0 Å². The summed E-state index contributed by atoms with van der Waals surface area (Å²) in [6.45, 7) is 7.00. The van der Waals surface area contributed by atoms with Crippen molar-refractivity contribution in [3.05, 3.63) is 96.6 Å². The van der Waals surface area contributed by atoms with Gasteiger partial charge in [0, 0.05) is 48.9 Å². The van der Waals surface area contributed by atoms with E-state index in [1.807, 2.05) is 0 Å². The summed E-state index contributed by atoms with van der Waals surface area (Å²) in [6, 6.07) is 33.8. The number of benzene rings is 3. The van der Waals surface area contributed by atoms with E-state index in [1.54, 1.807) is 0 Å². The summed E-state index contributed by atoms with van der Waals surface area (Å²) in [5.41, 5.74) is 6.07. The molecule has 5 rings (SSSR count). The predicted octanol–water partition coefficient (Wildman–Crippen LogP) is 9.15. The fourth-order valence-corrected chi connectivity index (χ4v) is 6.26. The van der Waals surface area contributed by atoms with Gasteiger partial charge in [-0.05, 0) is 42.9 Å². The number of pyridine rings is 1. The van der Waals surface area contributed by atoms with Gasteiger partial charge in [0.05, 0.1) is 11.2 Å². The summed E-state index contributed by atoms with van der Waals surface area (Å²) < 4.78 is 0. The third-order valence-electron chi connectivity index (χ3n) is 8.94. The molecular formula is C36H45N3. The van der Waals surface area contributed by atoms with Crippen LogP contribution >= 0.6 is 0 Å². The van der Waals surface area contributed by atoms with E-state index in [1.165, 1.54) is 67.1 Å². The Morgan fingerprint density at radius 2 is 1.49 bits per heavy atom. The van der Waals surface area contributed by atoms with Gasteiger partial charge in [0.25, 0.3) is 0 Å². The van der Waals surface area contributed by atoms with Gasteiger partial charge in [-0.15, -0.1) is 0 Å². The summed E-state index contributed by atoms with van der Waals surface area (Å²) in [4.78, 5) is 10.3. The first-order valence-corrected chi connectivity index (χ1v) is 15.1. The summed E-state index contributed by atoms with van der Waals surface area (Å²) in [7, 11) is 2.29. The third-order valence-corrected chi connectivity index (χ3v) is 8.94. The molecule has 0 saturated carbocycles. The highest BCUT2D eigenvalue weighted by Crippen LogP contribution is 2.35. The number of hydrogen-bond acceptors (Lipinski definition) is 3. The summed E-state index contributed by atoms with van der Waals surface area (Å²) in [5.74, 6) is 0.845. The number of aromatic nitrogens is 1. The van der Waals surface area contributed by atoms with Gasteiger partial charge in [0.15, 0.2) is 0 Å². The van der Waals surface area contributed by atoms with Gasteiger partial charge in [-0.2, -0.15) is 0 Å². The number of piperidine rings is 1. The lowest BCUT2D eigenvalue weighted by Gasteiger charge is -2.41. The first-order valence-electron chi connectivity index (χ1n) is 15.1. The van der Waals surface area contributed by atoms with E-state index in [2.05, 4.69) is 122 Å². The van der Waals surface area contributed by atoms with Gasteiger partial charge in [0.1, 0.15) is 0 Å². The lowest BCUT2D eigenvalue weighted by molar-refractivity contribution is 0.142. The molecule has 1 aliphatic rings. The third kappa shape index (κ3) is 6.70. The Bertz CT molecular complexity index is 1290. The van der Waals surface area contributed by atoms with E-state index in [-0.39, 0.29) is 0 Å². The number of rotatable bonds is 11. The fourth-order valence-electron chi connectivity index (χ4n) is 6.26. The highest BCUT2D eigenvalue weighted by molar-refractivity contribution is 5.94. The molecule has 1 fully saturated rings. The standard InChI is InChI=1S/C36H45N3/c1-4-28(2)15-11-14-22-35(30-18-9-6-10-19-30)39-25-23-31(24-26-39)38(3)36-27-34(29-16-7-5-8-17-29)37-33-21-13-12-20-32(33)36/h5-10,12-13,16-21,27-28,31,35H,4,11,14-15,22-26H2,1-3H3. The second kappa shape index (κ2) is 13.3. The van der Waals surface area contributed by atoms with Crippen molar-refractivity contribution in [1.82, 2.24) is 9.88 Å². The van der Waals surface area contributed by atoms with E-state index in [0.29, 0.717) is 12.1 Å². The molecule has 4 aromatic rings. The van der Waals surface area contributed by atoms with Gasteiger partial charge in [-0.3, -0.25) is 4.90 Å². The smallest absolute Gasteiger partial charge is 0.0730 e. The monoisotopic (exact) mass is 519 g/mol. The Kier molecular flexibility index (Phi) is 9.32. The molecule has 1 saturated heterocycles. The topological polar surface area (TPSA) is 19.4 Å². The fraction of sp³-hybridized carbons (Fsp3) is 0.417. The van der Waals surface area contributed by atoms with Crippen molar-refractivity contribution in [2.45, 2.75) is 70.9 Å². The van der Waals surface area contributed by atoms with Crippen LogP contribution in [0.1, 0.15) is 70.4 Å². The van der Waals surface area contributed by atoms with Crippen molar-refractivity contribution in [2.24, 2.45) is 5.92 Å². The minimum atomic E-state index is 0.525. The molecule has 0 bridgehead atoms. The minimum Gasteiger partial charge on any atom is -0.371 e. The van der Waals surface area contributed by atoms with Gasteiger partial charge in [-0.25, -0.2) is 4.98 Å². The Balaban J connectivity index is 1.31. The molecule has 39 heavy (non-hydrogen) atoms. The number of nitrogens with zero attached hydrogens (tertiary/aromatic N) is 3. The van der Waals surface area contributed by atoms with E-state index < -0.39 is 0 Å². The molecule has 0 spiro atoms. The molecule has 2 unspecified atom stereocenters. The van der Waals surface area contributed by atoms with Crippen LogP contribution < -0.4 is 4.90 Å². The maximum absolute atomic E-state index is 5.02. The van der Waals surface area contributed by atoms with Crippen LogP contribution in [-0.4, -0.2) is 36.1 Å². The van der Waals surface area contributed by atoms with Crippen LogP contribution in [0.2, 0.25) is 0 Å². The molecule has 0 radical (unpaired) electrons. The van der Waals surface area contributed by atoms with Gasteiger partial charge in [-0.1, -0.05) is 118 Å². The van der Waals surface area contributed by atoms with Crippen LogP contribution in [0.15, 0.2) is 91.0 Å². The molecule has 3 nitrogen and oxygen atoms in total. The largest absolute Gasteiger partial charge is 0.371 e. The molecule has 1 aromatic heterocycles. The normalized spacial score (nSPS) is 16.3. The Hall–Kier alpha value is -3.17. The Morgan fingerprint density at radius 3 is 2.21 bits per heavy atom. The molecule has 2 heterocycles. The second-order valence-electron chi connectivity index (χ2n) is 11.5. The zero-order valence-corrected chi connectivity index (χ0v) is 24.1. The average Bonchev–Trinajstić information content (AvgIpc) is 3.01. The Labute approximate surface area is 235 Å². The van der Waals surface area contributed by atoms with Crippen molar-refractivity contribution < 1.29 is 0 Å². The average molecular weight is 520 g/mol. The van der Waals surface area contributed by atoms with E-state index in [9.17, 15) is 0 Å². The summed E-state index contributed by atoms with van der Waals surface area (Å²) in [5, 5.41) is 1.24. The van der Waals surface area contributed by atoms with Crippen LogP contribution in [0, 0.1) is 5.92 Å². The van der Waals surface area contributed by atoms with E-state index >= 15 is 0 Å². The zero-order chi connectivity index (χ0) is 27.0. The molecule has 0 aliphatic carbocycles. The van der Waals surface area contributed by atoms with Crippen molar-refractivity contribution in [2.75, 3.05) is 25.0 Å². The number of fused-ring (bicyclic) bond motifs is 1. The summed E-state index contributed by atoms with van der Waals surface area (Å²) in [6.07, 6.45) is 8.94. The van der Waals surface area contributed by atoms with Gasteiger partial charge >= 0.3 is 0 Å². The molecule has 3 heteroatoms. The van der Waals surface area contributed by atoms with Crippen LogP contribution in [0.4, 0.5) is 5.69 Å². The maximum atomic E-state index is 5.02. The highest BCUT2D eigenvalue weighted by Gasteiger charge is 2.28. The molecule has 204 valence electrons. The number of anilines is 1. The van der Waals surface area contributed by atoms with Crippen molar-refractivity contribution in [1.29, 1.82) is 0 Å². The number of likely N-dealkylation sites (tertiary alicyclic amines) is 1. The van der Waals surface area contributed by atoms with Crippen molar-refractivity contribution >= 4 is 16.6 Å². The van der Waals surface area contributed by atoms with Crippen LogP contribution in [0.5, 0.6) is 0 Å². The first-order chi connectivity index (χ1) is 19.1. The molecule has 2 atom stereocenters. The second-order valence-corrected chi connectivity index (χ2v) is 11.5. The highest BCUT2D eigenvalue weighted by atomic mass is 15.2. The van der Waals surface area contributed by atoms with Crippen molar-refractivity contribution in [3.63, 3.8) is 0 Å². The molecule has 3 aromatic carbocycles. The molecule has 0 amide bonds. The number of para-hydroxylation sites is 1. The first kappa shape index (κ1) is 27.4. The Morgan fingerprint density at radius 1 is 0.846 bits per heavy atom. The minimum absolute atomic E-state index is 0.525. The lowest BCUT2D eigenvalue weighted by atomic mass is 9.93. The van der Waals surface area contributed by atoms with E-state index in [0.717, 1.165) is 30.2 Å². The zero-order valence-electron chi connectivity index (χ0n) is 24.1. The quantitative estimate of drug-likeness (QED) is 0.184. The summed E-state index contributed by atoms with van der Waals surface area (Å²) >= 11 is 0. The number of unbranched alkanes of at least 4 members (excludes halogenated alkanes) is 1. The number of hydrogen-bond donors (Lipinski definition) is 0. The maximum Gasteiger partial charge on any atom is 0.0730 e. The molecular weight excluding hydrogens is 474 g/mol. The SMILES string of the molecule is CCC(C)CCCCC(c1ccccc1)N1CCC(N(C)c2cc(-c3ccccc3)nc3ccccc23)CC1. The molecule has 0 N–H and O–H groups in total. The van der Waals surface area contributed by atoms with E-state index in [4.69, 9.17) is 4.98 Å². The van der Waals surface area contributed by atoms with Crippen LogP contribution in [-0.2, 0) is 0 Å². The predicted molar refractivity (Wildman–Crippen MR) is 167 cm³/mol. The van der Waals surface area contributed by atoms with Crippen LogP contribution in [0.25, 0.3) is 22.2 Å². The lowest BCUT2D eigenvalue weighted by Crippen LogP contribution is -2.44.